The van der Waals surface area contributed by atoms with Gasteiger partial charge in [0.2, 0.25) is 0 Å². The molecule has 74 heavy (non-hydrogen) atoms. The van der Waals surface area contributed by atoms with Crippen molar-refractivity contribution in [2.24, 2.45) is 0 Å². The van der Waals surface area contributed by atoms with Crippen LogP contribution in [0.4, 0.5) is 17.1 Å². The van der Waals surface area contributed by atoms with Crippen LogP contribution in [0.5, 0.6) is 0 Å². The molecular formula is C72H47NS. The van der Waals surface area contributed by atoms with Crippen molar-refractivity contribution in [2.75, 3.05) is 4.90 Å². The Balaban J connectivity index is 1.04. The van der Waals surface area contributed by atoms with Crippen LogP contribution in [-0.4, -0.2) is 0 Å². The van der Waals surface area contributed by atoms with Crippen LogP contribution >= 0.6 is 11.3 Å². The van der Waals surface area contributed by atoms with Gasteiger partial charge in [-0.05, 0) is 166 Å². The van der Waals surface area contributed by atoms with Gasteiger partial charge in [0.05, 0.1) is 16.8 Å². The maximum absolute atomic E-state index is 2.73. The Morgan fingerprint density at radius 3 is 1.49 bits per heavy atom. The van der Waals surface area contributed by atoms with Crippen molar-refractivity contribution >= 4 is 80.9 Å². The van der Waals surface area contributed by atoms with Crippen LogP contribution in [-0.2, 0) is 10.8 Å². The molecule has 2 heteroatoms. The molecule has 1 heterocycles. The largest absolute Gasteiger partial charge is 0.310 e. The van der Waals surface area contributed by atoms with Gasteiger partial charge in [-0.2, -0.15) is 0 Å². The second-order valence-electron chi connectivity index (χ2n) is 21.3. The number of rotatable bonds is 4. The summed E-state index contributed by atoms with van der Waals surface area (Å²) in [5, 5.41) is 10.3. The van der Waals surface area contributed by atoms with Gasteiger partial charge in [-0.1, -0.05) is 201 Å². The van der Waals surface area contributed by atoms with Crippen LogP contribution in [0.3, 0.4) is 0 Å². The molecular weight excluding hydrogens is 911 g/mol. The minimum atomic E-state index is -0.522. The molecule has 13 aromatic rings. The highest BCUT2D eigenvalue weighted by atomic mass is 32.1. The predicted molar refractivity (Wildman–Crippen MR) is 313 cm³/mol. The molecule has 0 saturated heterocycles. The van der Waals surface area contributed by atoms with Gasteiger partial charge < -0.3 is 4.90 Å². The van der Waals surface area contributed by atoms with Gasteiger partial charge in [-0.3, -0.25) is 0 Å². The predicted octanol–water partition coefficient (Wildman–Crippen LogP) is 19.8. The molecule has 17 rings (SSSR count). The van der Waals surface area contributed by atoms with E-state index in [0.29, 0.717) is 0 Å². The number of fused-ring (bicyclic) bond motifs is 24. The smallest absolute Gasteiger partial charge is 0.0726 e. The normalized spacial score (nSPS) is 15.0. The van der Waals surface area contributed by atoms with E-state index in [4.69, 9.17) is 0 Å². The number of thiophene rings is 1. The first-order valence-corrected chi connectivity index (χ1v) is 27.3. The fourth-order valence-electron chi connectivity index (χ4n) is 15.1. The third-order valence-electron chi connectivity index (χ3n) is 18.0. The summed E-state index contributed by atoms with van der Waals surface area (Å²) in [4.78, 5) is 2.73. The number of anilines is 3. The first kappa shape index (κ1) is 41.0. The molecule has 1 saturated carbocycles. The third-order valence-corrected chi connectivity index (χ3v) is 19.1. The Morgan fingerprint density at radius 1 is 0.311 bits per heavy atom. The highest BCUT2D eigenvalue weighted by Crippen LogP contribution is 2.66. The van der Waals surface area contributed by atoms with Crippen LogP contribution in [0, 0.1) is 0 Å². The van der Waals surface area contributed by atoms with Crippen molar-refractivity contribution in [3.05, 3.63) is 270 Å². The average Bonchev–Trinajstić information content (AvgIpc) is 4.41. The van der Waals surface area contributed by atoms with E-state index in [9.17, 15) is 0 Å². The Bertz CT molecular complexity index is 4500. The molecule has 1 aromatic heterocycles. The minimum absolute atomic E-state index is 0.0906. The van der Waals surface area contributed by atoms with E-state index in [1.165, 1.54) is 155 Å². The van der Waals surface area contributed by atoms with Gasteiger partial charge in [-0.15, -0.1) is 11.3 Å². The minimum Gasteiger partial charge on any atom is -0.310 e. The van der Waals surface area contributed by atoms with Crippen LogP contribution < -0.4 is 4.90 Å². The third kappa shape index (κ3) is 5.23. The second kappa shape index (κ2) is 15.0. The van der Waals surface area contributed by atoms with Gasteiger partial charge in [0.1, 0.15) is 0 Å². The Morgan fingerprint density at radius 2 is 0.824 bits per heavy atom. The van der Waals surface area contributed by atoms with E-state index in [0.717, 1.165) is 18.5 Å². The van der Waals surface area contributed by atoms with Crippen molar-refractivity contribution in [2.45, 2.75) is 36.5 Å². The summed E-state index contributed by atoms with van der Waals surface area (Å²) in [6, 6.07) is 91.2. The van der Waals surface area contributed by atoms with E-state index < -0.39 is 5.41 Å². The average molecular weight is 958 g/mol. The van der Waals surface area contributed by atoms with Gasteiger partial charge in [0.15, 0.2) is 0 Å². The topological polar surface area (TPSA) is 3.24 Å². The van der Waals surface area contributed by atoms with Crippen LogP contribution in [0.15, 0.2) is 237 Å². The first-order chi connectivity index (χ1) is 36.7. The molecule has 12 aromatic carbocycles. The number of hydrogen-bond donors (Lipinski definition) is 0. The molecule has 0 amide bonds. The molecule has 0 N–H and O–H groups in total. The fourth-order valence-corrected chi connectivity index (χ4v) is 16.2. The lowest BCUT2D eigenvalue weighted by molar-refractivity contribution is 0.550. The van der Waals surface area contributed by atoms with Gasteiger partial charge in [0.25, 0.3) is 0 Å². The second-order valence-corrected chi connectivity index (χ2v) is 22.4. The van der Waals surface area contributed by atoms with Crippen LogP contribution in [0.2, 0.25) is 0 Å². The highest BCUT2D eigenvalue weighted by Gasteiger charge is 2.53. The van der Waals surface area contributed by atoms with Crippen molar-refractivity contribution in [3.63, 3.8) is 0 Å². The van der Waals surface area contributed by atoms with Gasteiger partial charge >= 0.3 is 0 Å². The van der Waals surface area contributed by atoms with Crippen LogP contribution in [0.1, 0.15) is 59.1 Å². The molecule has 346 valence electrons. The molecule has 0 atom stereocenters. The maximum Gasteiger partial charge on any atom is 0.0726 e. The summed E-state index contributed by atoms with van der Waals surface area (Å²) in [7, 11) is 0. The van der Waals surface area contributed by atoms with Crippen molar-refractivity contribution < 1.29 is 0 Å². The lowest BCUT2D eigenvalue weighted by Crippen LogP contribution is -2.27. The Kier molecular flexibility index (Phi) is 8.31. The highest BCUT2D eigenvalue weighted by molar-refractivity contribution is 7.25. The molecule has 0 unspecified atom stereocenters. The van der Waals surface area contributed by atoms with E-state index >= 15 is 0 Å². The van der Waals surface area contributed by atoms with E-state index in [2.05, 4.69) is 241 Å². The first-order valence-electron chi connectivity index (χ1n) is 26.5. The van der Waals surface area contributed by atoms with E-state index in [1.807, 2.05) is 11.3 Å². The molecule has 0 radical (unpaired) electrons. The maximum atomic E-state index is 2.73. The summed E-state index contributed by atoms with van der Waals surface area (Å²) >= 11 is 1.89. The number of nitrogens with zero attached hydrogens (tertiary/aromatic N) is 1. The lowest BCUT2D eigenvalue weighted by atomic mass is 9.70. The quantitative estimate of drug-likeness (QED) is 0.159. The number of hydrogen-bond acceptors (Lipinski definition) is 2. The lowest BCUT2D eigenvalue weighted by Gasteiger charge is -2.36. The summed E-state index contributed by atoms with van der Waals surface area (Å²) in [6.45, 7) is 0. The summed E-state index contributed by atoms with van der Waals surface area (Å²) < 4.78 is 2.63. The van der Waals surface area contributed by atoms with Crippen molar-refractivity contribution in [1.29, 1.82) is 0 Å². The molecule has 1 fully saturated rings. The number of benzene rings is 12. The fraction of sp³-hybridized carbons (Fsp3) is 0.0833. The Hall–Kier alpha value is -8.56. The zero-order valence-corrected chi connectivity index (χ0v) is 41.5. The van der Waals surface area contributed by atoms with Gasteiger partial charge in [-0.25, -0.2) is 0 Å². The van der Waals surface area contributed by atoms with E-state index in [1.54, 1.807) is 0 Å². The molecule has 2 spiro atoms. The summed E-state index contributed by atoms with van der Waals surface area (Å²) in [6.07, 6.45) is 4.72. The standard InChI is InChI=1S/C72H47NS/c1-2-20-48-46(18-1)47-19-3-4-21-49(47)58-41-45(35-36-50(48)58)73(66-32-17-27-56-53-24-5-10-28-61(53)71(70(56)66)38-15-16-39-71)67-43-65-59(42-57(67)44-34-37-69-60(40-44)55-26-9-14-33-68(55)74-69)54-25-8-13-31-64(54)72(65)62-29-11-6-22-51(62)52-23-7-12-30-63(52)72/h1-14,17-37,40-43H,15-16,38-39H2. The molecule has 0 bridgehead atoms. The zero-order valence-electron chi connectivity index (χ0n) is 40.7. The van der Waals surface area contributed by atoms with Crippen LogP contribution in [0.25, 0.3) is 97.0 Å². The summed E-state index contributed by atoms with van der Waals surface area (Å²) in [5.74, 6) is 0. The van der Waals surface area contributed by atoms with Gasteiger partial charge in [0, 0.05) is 36.8 Å². The van der Waals surface area contributed by atoms with Crippen molar-refractivity contribution in [1.82, 2.24) is 0 Å². The molecule has 4 aliphatic rings. The molecule has 4 aliphatic carbocycles. The monoisotopic (exact) mass is 957 g/mol. The summed E-state index contributed by atoms with van der Waals surface area (Å²) in [5.41, 5.74) is 21.8. The van der Waals surface area contributed by atoms with E-state index in [-0.39, 0.29) is 5.41 Å². The Labute approximate surface area is 434 Å². The SMILES string of the molecule is c1ccc2c(c1)-c1cccc(N(c3ccc4c5ccccc5c5ccccc5c4c3)c3cc4c(cc3-c3ccc5sc6ccccc6c5c3)-c3ccccc3C43c4ccccc4-c4ccccc43)c1C21CCCC1. The zero-order chi connectivity index (χ0) is 48.3. The van der Waals surface area contributed by atoms with Crippen molar-refractivity contribution in [3.8, 4) is 44.5 Å². The molecule has 0 aliphatic heterocycles. The molecule has 1 nitrogen and oxygen atoms in total.